The molecule has 8 aromatic rings. The zero-order valence-electron chi connectivity index (χ0n) is 38.1. The van der Waals surface area contributed by atoms with Gasteiger partial charge in [-0.3, -0.25) is 0 Å². The first kappa shape index (κ1) is 43.1. The molecule has 10 rings (SSSR count). The van der Waals surface area contributed by atoms with E-state index < -0.39 is 0 Å². The minimum atomic E-state index is -0.366. The van der Waals surface area contributed by atoms with Gasteiger partial charge in [-0.15, -0.1) is 0 Å². The highest BCUT2D eigenvalue weighted by Gasteiger charge is 2.28. The first-order valence-electron chi connectivity index (χ1n) is 23.0. The van der Waals surface area contributed by atoms with Crippen molar-refractivity contribution in [1.82, 2.24) is 39.7 Å². The fourth-order valence-electron chi connectivity index (χ4n) is 9.25. The molecule has 6 amide bonds. The normalized spacial score (nSPS) is 15.1. The number of carbonyl (C=O) groups is 3. The van der Waals surface area contributed by atoms with E-state index in [0.717, 1.165) is 111 Å². The number of carbonyl (C=O) groups excluding carboxylic acids is 3. The maximum absolute atomic E-state index is 13.6. The average Bonchev–Trinajstić information content (AvgIpc) is 3.79. The molecule has 0 aliphatic carbocycles. The van der Waals surface area contributed by atoms with Gasteiger partial charge in [-0.1, -0.05) is 30.3 Å². The molecular weight excluding hydrogens is 841 g/mol. The molecule has 2 fully saturated rings. The van der Waals surface area contributed by atoms with Crippen molar-refractivity contribution in [2.45, 2.75) is 66.2 Å². The van der Waals surface area contributed by atoms with Crippen molar-refractivity contribution in [2.75, 3.05) is 47.4 Å². The lowest BCUT2D eigenvalue weighted by Gasteiger charge is -2.26. The first-order chi connectivity index (χ1) is 32.5. The van der Waals surface area contributed by atoms with Crippen LogP contribution in [0.1, 0.15) is 65.4 Å². The Balaban J connectivity index is 0.786. The van der Waals surface area contributed by atoms with Crippen LogP contribution in [-0.2, 0) is 12.8 Å². The summed E-state index contributed by atoms with van der Waals surface area (Å²) in [5.41, 5.74) is 13.2. The first-order valence-corrected chi connectivity index (χ1v) is 23.0. The summed E-state index contributed by atoms with van der Waals surface area (Å²) in [4.78, 5) is 72.5. The molecule has 4 N–H and O–H groups in total. The number of piperidine rings is 1. The van der Waals surface area contributed by atoms with Crippen LogP contribution >= 0.6 is 0 Å². The van der Waals surface area contributed by atoms with E-state index in [1.165, 1.54) is 0 Å². The van der Waals surface area contributed by atoms with Gasteiger partial charge in [0.2, 0.25) is 0 Å². The lowest BCUT2D eigenvalue weighted by atomic mass is 9.99. The standard InChI is InChI=1S/C52H52N12O3/c1-30-31(2)54-47-26-36(14-17-42(47)53-30)57-50(65)62-41-13-9-11-39-35(10-8-12-40(39)41)25-46-33(4)56-44-19-16-38(28-49(44)61-46)59-52(67)64-23-20-34(29-64)24-45-32(3)55-43-18-15-37(27-48(43)60-45)58-51(66)63-21-6-5-7-22-63/h8-19,26-28,34H,5-7,20-25,29H2,1-4H3,(H,58,66)(H,59,67)(H2,57,62,65). The molecule has 0 spiro atoms. The summed E-state index contributed by atoms with van der Waals surface area (Å²) in [7, 11) is 0. The van der Waals surface area contributed by atoms with Gasteiger partial charge < -0.3 is 31.1 Å². The van der Waals surface area contributed by atoms with Gasteiger partial charge in [0.05, 0.1) is 73.0 Å². The highest BCUT2D eigenvalue weighted by Crippen LogP contribution is 2.30. The number of anilines is 4. The van der Waals surface area contributed by atoms with Crippen molar-refractivity contribution >= 4 is 84.7 Å². The second-order valence-corrected chi connectivity index (χ2v) is 17.8. The lowest BCUT2D eigenvalue weighted by molar-refractivity contribution is 0.200. The largest absolute Gasteiger partial charge is 0.325 e. The monoisotopic (exact) mass is 892 g/mol. The smallest absolute Gasteiger partial charge is 0.323 e. The number of urea groups is 3. The van der Waals surface area contributed by atoms with E-state index in [2.05, 4.69) is 37.3 Å². The van der Waals surface area contributed by atoms with E-state index in [1.807, 2.05) is 122 Å². The lowest BCUT2D eigenvalue weighted by Crippen LogP contribution is -2.38. The van der Waals surface area contributed by atoms with Crippen LogP contribution in [0.2, 0.25) is 0 Å². The molecule has 67 heavy (non-hydrogen) atoms. The molecule has 2 aliphatic rings. The van der Waals surface area contributed by atoms with E-state index in [0.29, 0.717) is 59.7 Å². The molecule has 0 bridgehead atoms. The van der Waals surface area contributed by atoms with Gasteiger partial charge in [0.25, 0.3) is 0 Å². The van der Waals surface area contributed by atoms with E-state index in [9.17, 15) is 14.4 Å². The van der Waals surface area contributed by atoms with Gasteiger partial charge in [-0.05, 0) is 137 Å². The zero-order valence-corrected chi connectivity index (χ0v) is 38.1. The topological polar surface area (TPSA) is 183 Å². The molecule has 3 aromatic heterocycles. The third-order valence-corrected chi connectivity index (χ3v) is 13.0. The number of nitrogens with zero attached hydrogens (tertiary/aromatic N) is 8. The molecular formula is C52H52N12O3. The Labute approximate surface area is 387 Å². The Morgan fingerprint density at radius 1 is 0.522 bits per heavy atom. The third-order valence-electron chi connectivity index (χ3n) is 13.0. The quantitative estimate of drug-likeness (QED) is 0.115. The molecule has 2 aliphatic heterocycles. The van der Waals surface area contributed by atoms with Crippen LogP contribution in [0.3, 0.4) is 0 Å². The zero-order chi connectivity index (χ0) is 46.2. The highest BCUT2D eigenvalue weighted by molar-refractivity contribution is 6.07. The number of hydrogen-bond acceptors (Lipinski definition) is 9. The Hall–Kier alpha value is -7.81. The third kappa shape index (κ3) is 9.35. The SMILES string of the molecule is Cc1nc2ccc(NC(=O)Nc3cccc4c(Cc5nc6cc(NC(=O)N7CCC(Cc8nc9cc(NC(=O)N%10CCCCC%10)ccc9nc8C)C7)ccc6nc5C)cccc34)cc2nc1C. The molecule has 5 heterocycles. The van der Waals surface area contributed by atoms with Crippen LogP contribution < -0.4 is 21.3 Å². The molecule has 5 aromatic carbocycles. The van der Waals surface area contributed by atoms with Gasteiger partial charge in [-0.2, -0.15) is 0 Å². The number of benzene rings is 5. The number of rotatable bonds is 8. The summed E-state index contributed by atoms with van der Waals surface area (Å²) >= 11 is 0. The summed E-state index contributed by atoms with van der Waals surface area (Å²) in [5, 5.41) is 14.0. The second-order valence-electron chi connectivity index (χ2n) is 17.8. The van der Waals surface area contributed by atoms with Crippen molar-refractivity contribution in [3.8, 4) is 0 Å². The van der Waals surface area contributed by atoms with Gasteiger partial charge in [0, 0.05) is 55.0 Å². The van der Waals surface area contributed by atoms with Crippen LogP contribution in [0, 0.1) is 33.6 Å². The Morgan fingerprint density at radius 3 is 1.73 bits per heavy atom. The van der Waals surface area contributed by atoms with Gasteiger partial charge in [0.1, 0.15) is 0 Å². The Bertz CT molecular complexity index is 3260. The number of nitrogens with one attached hydrogen (secondary N) is 4. The van der Waals surface area contributed by atoms with Gasteiger partial charge in [0.15, 0.2) is 0 Å². The summed E-state index contributed by atoms with van der Waals surface area (Å²) in [6.07, 6.45) is 5.29. The number of fused-ring (bicyclic) bond motifs is 4. The van der Waals surface area contributed by atoms with E-state index in [4.69, 9.17) is 19.9 Å². The summed E-state index contributed by atoms with van der Waals surface area (Å²) < 4.78 is 0. The molecule has 0 radical (unpaired) electrons. The number of likely N-dealkylation sites (tertiary alicyclic amines) is 2. The number of hydrogen-bond donors (Lipinski definition) is 4. The molecule has 2 saturated heterocycles. The average molecular weight is 893 g/mol. The highest BCUT2D eigenvalue weighted by atomic mass is 16.2. The number of amides is 6. The second kappa shape index (κ2) is 18.2. The predicted molar refractivity (Wildman–Crippen MR) is 264 cm³/mol. The molecule has 338 valence electrons. The molecule has 1 atom stereocenters. The van der Waals surface area contributed by atoms with E-state index in [-0.39, 0.29) is 24.0 Å². The summed E-state index contributed by atoms with van der Waals surface area (Å²) in [6.45, 7) is 10.6. The van der Waals surface area contributed by atoms with Crippen molar-refractivity contribution in [2.24, 2.45) is 5.92 Å². The number of aryl methyl sites for hydroxylation is 4. The molecule has 15 nitrogen and oxygen atoms in total. The van der Waals surface area contributed by atoms with Crippen molar-refractivity contribution in [3.63, 3.8) is 0 Å². The van der Waals surface area contributed by atoms with Gasteiger partial charge in [-0.25, -0.2) is 44.3 Å². The minimum absolute atomic E-state index is 0.0776. The molecule has 15 heteroatoms. The van der Waals surface area contributed by atoms with Gasteiger partial charge >= 0.3 is 18.1 Å². The van der Waals surface area contributed by atoms with Crippen LogP contribution in [-0.4, -0.2) is 84.0 Å². The van der Waals surface area contributed by atoms with Crippen LogP contribution in [0.15, 0.2) is 91.0 Å². The predicted octanol–water partition coefficient (Wildman–Crippen LogP) is 10.3. The summed E-state index contributed by atoms with van der Waals surface area (Å²) in [5.74, 6) is 0.226. The summed E-state index contributed by atoms with van der Waals surface area (Å²) in [6, 6.07) is 28.1. The molecule has 1 unspecified atom stereocenters. The van der Waals surface area contributed by atoms with Crippen molar-refractivity contribution in [1.29, 1.82) is 0 Å². The van der Waals surface area contributed by atoms with Crippen molar-refractivity contribution in [3.05, 3.63) is 131 Å². The van der Waals surface area contributed by atoms with E-state index in [1.54, 1.807) is 0 Å². The minimum Gasteiger partial charge on any atom is -0.325 e. The fraction of sp³-hybridized carbons (Fsp3) is 0.288. The van der Waals surface area contributed by atoms with Crippen LogP contribution in [0.25, 0.3) is 43.9 Å². The Kier molecular flexibility index (Phi) is 11.7. The van der Waals surface area contributed by atoms with Crippen molar-refractivity contribution < 1.29 is 14.4 Å². The van der Waals surface area contributed by atoms with E-state index >= 15 is 0 Å². The maximum Gasteiger partial charge on any atom is 0.323 e. The van der Waals surface area contributed by atoms with Crippen LogP contribution in [0.5, 0.6) is 0 Å². The fourth-order valence-corrected chi connectivity index (χ4v) is 9.25. The maximum atomic E-state index is 13.6. The Morgan fingerprint density at radius 2 is 1.06 bits per heavy atom. The van der Waals surface area contributed by atoms with Crippen LogP contribution in [0.4, 0.5) is 37.1 Å². The molecule has 0 saturated carbocycles. The number of aromatic nitrogens is 6.